The molecule has 0 aliphatic heterocycles. The lowest BCUT2D eigenvalue weighted by molar-refractivity contribution is -0.136. The number of hydrogen-bond donors (Lipinski definition) is 3. The van der Waals surface area contributed by atoms with Crippen molar-refractivity contribution in [2.45, 2.75) is 44.1 Å². The van der Waals surface area contributed by atoms with Gasteiger partial charge in [-0.15, -0.1) is 0 Å². The fourth-order valence-corrected chi connectivity index (χ4v) is 4.49. The largest absolute Gasteiger partial charge is 0.507 e. The third-order valence-electron chi connectivity index (χ3n) is 4.69. The number of phenols is 1. The Morgan fingerprint density at radius 1 is 1.19 bits per heavy atom. The normalized spacial score (nSPS) is 12.4. The highest BCUT2D eigenvalue weighted by atomic mass is 32.2. The molecule has 0 aliphatic carbocycles. The number of ether oxygens (including phenoxy) is 1. The van der Waals surface area contributed by atoms with E-state index in [4.69, 9.17) is 9.84 Å². The van der Waals surface area contributed by atoms with Gasteiger partial charge in [-0.3, -0.25) is 9.59 Å². The van der Waals surface area contributed by atoms with Gasteiger partial charge < -0.3 is 20.1 Å². The van der Waals surface area contributed by atoms with Crippen molar-refractivity contribution in [2.24, 2.45) is 0 Å². The van der Waals surface area contributed by atoms with E-state index in [-0.39, 0.29) is 28.4 Å². The van der Waals surface area contributed by atoms with Crippen LogP contribution in [-0.2, 0) is 27.5 Å². The number of rotatable bonds is 11. The minimum atomic E-state index is -4.09. The average molecular weight is 468 g/mol. The van der Waals surface area contributed by atoms with Crippen molar-refractivity contribution < 1.29 is 42.5 Å². The summed E-state index contributed by atoms with van der Waals surface area (Å²) in [6.45, 7) is 2.76. The number of carboxylic acids is 1. The number of halogens is 1. The first-order valence-electron chi connectivity index (χ1n) is 9.85. The maximum Gasteiger partial charge on any atom is 0.307 e. The zero-order valence-electron chi connectivity index (χ0n) is 17.7. The Morgan fingerprint density at radius 2 is 1.88 bits per heavy atom. The van der Waals surface area contributed by atoms with Gasteiger partial charge in [-0.2, -0.15) is 0 Å². The number of ketones is 1. The van der Waals surface area contributed by atoms with E-state index in [0.29, 0.717) is 18.4 Å². The molecule has 0 spiro atoms. The van der Waals surface area contributed by atoms with Crippen molar-refractivity contribution in [3.63, 3.8) is 0 Å². The second-order valence-electron chi connectivity index (χ2n) is 7.31. The van der Waals surface area contributed by atoms with Crippen LogP contribution in [0.1, 0.15) is 41.8 Å². The van der Waals surface area contributed by atoms with Gasteiger partial charge in [0.2, 0.25) is 0 Å². The molecule has 2 rings (SSSR count). The Kier molecular flexibility index (Phi) is 8.34. The number of hydrogen-bond acceptors (Lipinski definition) is 7. The lowest BCUT2D eigenvalue weighted by Crippen LogP contribution is -2.27. The van der Waals surface area contributed by atoms with Crippen LogP contribution in [0.2, 0.25) is 0 Å². The molecule has 0 fully saturated rings. The van der Waals surface area contributed by atoms with Crippen molar-refractivity contribution in [1.82, 2.24) is 0 Å². The average Bonchev–Trinajstić information content (AvgIpc) is 2.69. The van der Waals surface area contributed by atoms with Crippen LogP contribution in [0.3, 0.4) is 0 Å². The van der Waals surface area contributed by atoms with Gasteiger partial charge in [-0.1, -0.05) is 19.4 Å². The fourth-order valence-electron chi connectivity index (χ4n) is 3.14. The van der Waals surface area contributed by atoms with Crippen LogP contribution in [0.4, 0.5) is 4.39 Å². The van der Waals surface area contributed by atoms with E-state index in [2.05, 4.69) is 0 Å². The van der Waals surface area contributed by atoms with E-state index >= 15 is 0 Å². The van der Waals surface area contributed by atoms with Gasteiger partial charge in [0.1, 0.15) is 30.0 Å². The summed E-state index contributed by atoms with van der Waals surface area (Å²) in [5, 5.41) is 29.3. The number of sulfone groups is 1. The number of carbonyl (C=O) groups excluding carboxylic acids is 1. The summed E-state index contributed by atoms with van der Waals surface area (Å²) in [5.41, 5.74) is 0.362. The molecule has 0 amide bonds. The SMILES string of the molecule is CCCc1c(OCC(O)CS(=O)(=O)c2ccc(CC(=O)O)c(F)c2)ccc(C(C)=O)c1O. The molecule has 8 nitrogen and oxygen atoms in total. The summed E-state index contributed by atoms with van der Waals surface area (Å²) < 4.78 is 44.6. The summed E-state index contributed by atoms with van der Waals surface area (Å²) >= 11 is 0. The number of aliphatic hydroxyl groups excluding tert-OH is 1. The van der Waals surface area contributed by atoms with E-state index in [9.17, 15) is 32.6 Å². The molecular weight excluding hydrogens is 443 g/mol. The second-order valence-corrected chi connectivity index (χ2v) is 9.35. The molecule has 32 heavy (non-hydrogen) atoms. The summed E-state index contributed by atoms with van der Waals surface area (Å²) in [5.74, 6) is -3.29. The van der Waals surface area contributed by atoms with Crippen molar-refractivity contribution >= 4 is 21.6 Å². The first kappa shape index (κ1) is 25.3. The van der Waals surface area contributed by atoms with Gasteiger partial charge in [0.15, 0.2) is 15.6 Å². The topological polar surface area (TPSA) is 138 Å². The minimum Gasteiger partial charge on any atom is -0.507 e. The Balaban J connectivity index is 2.13. The number of benzene rings is 2. The Bertz CT molecular complexity index is 1110. The molecular formula is C22H25FO8S. The molecule has 10 heteroatoms. The van der Waals surface area contributed by atoms with E-state index in [0.717, 1.165) is 18.2 Å². The van der Waals surface area contributed by atoms with Crippen LogP contribution < -0.4 is 4.74 Å². The Morgan fingerprint density at radius 3 is 2.44 bits per heavy atom. The molecule has 1 atom stereocenters. The van der Waals surface area contributed by atoms with Crippen molar-refractivity contribution in [2.75, 3.05) is 12.4 Å². The molecule has 0 bridgehead atoms. The zero-order valence-corrected chi connectivity index (χ0v) is 18.5. The number of phenolic OH excluding ortho intramolecular Hbond substituents is 1. The summed E-state index contributed by atoms with van der Waals surface area (Å²) in [7, 11) is -4.09. The molecule has 174 valence electrons. The molecule has 2 aromatic rings. The molecule has 0 aliphatic rings. The molecule has 0 saturated heterocycles. The number of Topliss-reactive ketones (excluding diaryl/α,β-unsaturated/α-hetero) is 1. The lowest BCUT2D eigenvalue weighted by atomic mass is 10.0. The van der Waals surface area contributed by atoms with Crippen LogP contribution in [-0.4, -0.2) is 54.0 Å². The van der Waals surface area contributed by atoms with Crippen molar-refractivity contribution in [3.8, 4) is 11.5 Å². The second kappa shape index (κ2) is 10.6. The van der Waals surface area contributed by atoms with E-state index in [1.807, 2.05) is 6.92 Å². The van der Waals surface area contributed by atoms with Crippen LogP contribution in [0.5, 0.6) is 11.5 Å². The summed E-state index contributed by atoms with van der Waals surface area (Å²) in [6.07, 6.45) is -1.01. The number of aromatic hydroxyl groups is 1. The van der Waals surface area contributed by atoms with Crippen LogP contribution in [0, 0.1) is 5.82 Å². The van der Waals surface area contributed by atoms with Gasteiger partial charge in [0.05, 0.1) is 22.6 Å². The maximum atomic E-state index is 14.0. The molecule has 0 heterocycles. The van der Waals surface area contributed by atoms with Crippen LogP contribution >= 0.6 is 0 Å². The standard InChI is InChI=1S/C22H25FO8S/c1-3-4-18-20(8-7-17(13(2)24)22(18)28)31-11-15(25)12-32(29,30)16-6-5-14(9-21(26)27)19(23)10-16/h5-8,10,15,25,28H,3-4,9,11-12H2,1-2H3,(H,26,27). The molecule has 0 radical (unpaired) electrons. The monoisotopic (exact) mass is 468 g/mol. The highest BCUT2D eigenvalue weighted by Gasteiger charge is 2.23. The van der Waals surface area contributed by atoms with Gasteiger partial charge in [0.25, 0.3) is 0 Å². The third kappa shape index (κ3) is 6.27. The molecule has 1 unspecified atom stereocenters. The van der Waals surface area contributed by atoms with Gasteiger partial charge in [-0.25, -0.2) is 12.8 Å². The number of aliphatic hydroxyl groups is 1. The quantitative estimate of drug-likeness (QED) is 0.428. The minimum absolute atomic E-state index is 0.136. The number of carbonyl (C=O) groups is 2. The third-order valence-corrected chi connectivity index (χ3v) is 6.48. The smallest absolute Gasteiger partial charge is 0.307 e. The first-order valence-corrected chi connectivity index (χ1v) is 11.5. The Labute approximate surface area is 185 Å². The fraction of sp³-hybridized carbons (Fsp3) is 0.364. The summed E-state index contributed by atoms with van der Waals surface area (Å²) in [4.78, 5) is 21.9. The first-order chi connectivity index (χ1) is 15.0. The summed E-state index contributed by atoms with van der Waals surface area (Å²) in [6, 6.07) is 5.74. The van der Waals surface area contributed by atoms with Crippen molar-refractivity contribution in [1.29, 1.82) is 0 Å². The highest BCUT2D eigenvalue weighted by molar-refractivity contribution is 7.91. The lowest BCUT2D eigenvalue weighted by Gasteiger charge is -2.17. The maximum absolute atomic E-state index is 14.0. The van der Waals surface area contributed by atoms with E-state index in [1.165, 1.54) is 19.1 Å². The van der Waals surface area contributed by atoms with E-state index in [1.54, 1.807) is 0 Å². The zero-order chi connectivity index (χ0) is 24.1. The van der Waals surface area contributed by atoms with Gasteiger partial charge in [0, 0.05) is 5.56 Å². The molecule has 0 aromatic heterocycles. The van der Waals surface area contributed by atoms with Crippen LogP contribution in [0.25, 0.3) is 0 Å². The number of carboxylic acid groups (broad SMARTS) is 1. The molecule has 3 N–H and O–H groups in total. The van der Waals surface area contributed by atoms with E-state index < -0.39 is 51.4 Å². The van der Waals surface area contributed by atoms with Crippen LogP contribution in [0.15, 0.2) is 35.2 Å². The molecule has 2 aromatic carbocycles. The predicted octanol–water partition coefficient (Wildman–Crippen LogP) is 2.53. The Hall–Kier alpha value is -2.98. The number of aliphatic carboxylic acids is 1. The van der Waals surface area contributed by atoms with Crippen molar-refractivity contribution in [3.05, 3.63) is 52.8 Å². The highest BCUT2D eigenvalue weighted by Crippen LogP contribution is 2.33. The predicted molar refractivity (Wildman–Crippen MR) is 113 cm³/mol. The van der Waals surface area contributed by atoms with Gasteiger partial charge >= 0.3 is 5.97 Å². The van der Waals surface area contributed by atoms with Gasteiger partial charge in [-0.05, 0) is 43.2 Å². The molecule has 0 saturated carbocycles.